The highest BCUT2D eigenvalue weighted by Gasteiger charge is 2.39. The zero-order valence-electron chi connectivity index (χ0n) is 24.9. The maximum absolute atomic E-state index is 14.3. The molecule has 0 unspecified atom stereocenters. The smallest absolute Gasteiger partial charge is 0.434 e. The Balaban J connectivity index is 0.000000261. The number of ether oxygens (including phenoxy) is 1. The lowest BCUT2D eigenvalue weighted by Gasteiger charge is -2.11. The Labute approximate surface area is 291 Å². The molecule has 0 bridgehead atoms. The van der Waals surface area contributed by atoms with Gasteiger partial charge >= 0.3 is 24.4 Å². The molecule has 0 radical (unpaired) electrons. The predicted octanol–water partition coefficient (Wildman–Crippen LogP) is 7.64. The van der Waals surface area contributed by atoms with Crippen LogP contribution in [0.1, 0.15) is 42.3 Å². The molecule has 0 atom stereocenters. The number of rotatable bonds is 7. The summed E-state index contributed by atoms with van der Waals surface area (Å²) in [6.45, 7) is 1.38. The summed E-state index contributed by atoms with van der Waals surface area (Å²) in [7, 11) is -2.57. The number of aryl methyl sites for hydroxylation is 2. The van der Waals surface area contributed by atoms with Gasteiger partial charge < -0.3 is 4.74 Å². The quantitative estimate of drug-likeness (QED) is 0.150. The Hall–Kier alpha value is -3.26. The van der Waals surface area contributed by atoms with Crippen molar-refractivity contribution in [3.05, 3.63) is 77.2 Å². The summed E-state index contributed by atoms with van der Waals surface area (Å²) in [6.07, 6.45) is -4.24. The second-order valence-corrected chi connectivity index (χ2v) is 13.7. The molecule has 1 N–H and O–H groups in total. The lowest BCUT2D eigenvalue weighted by Crippen LogP contribution is -2.25. The van der Waals surface area contributed by atoms with Gasteiger partial charge in [-0.1, -0.05) is 34.8 Å². The molecule has 48 heavy (non-hydrogen) atoms. The normalized spacial score (nSPS) is 11.9. The summed E-state index contributed by atoms with van der Waals surface area (Å²) < 4.78 is 110. The predicted molar refractivity (Wildman–Crippen MR) is 169 cm³/mol. The van der Waals surface area contributed by atoms with Crippen LogP contribution in [0.2, 0.25) is 15.1 Å². The molecule has 262 valence electrons. The summed E-state index contributed by atoms with van der Waals surface area (Å²) in [6, 6.07) is 4.17. The number of benzene rings is 2. The van der Waals surface area contributed by atoms with Gasteiger partial charge in [-0.25, -0.2) is 27.0 Å². The highest BCUT2D eigenvalue weighted by molar-refractivity contribution is 9.10. The Kier molecular flexibility index (Phi) is 12.0. The second-order valence-electron chi connectivity index (χ2n) is 9.95. The van der Waals surface area contributed by atoms with Gasteiger partial charge in [-0.15, -0.1) is 5.10 Å². The molecule has 22 heteroatoms. The fourth-order valence-corrected chi connectivity index (χ4v) is 6.11. The Morgan fingerprint density at radius 3 is 2.12 bits per heavy atom. The number of hydrogen-bond donors (Lipinski definition) is 1. The van der Waals surface area contributed by atoms with Crippen molar-refractivity contribution in [2.75, 3.05) is 11.0 Å². The first-order chi connectivity index (χ1) is 21.9. The Morgan fingerprint density at radius 2 is 1.65 bits per heavy atom. The minimum Gasteiger partial charge on any atom is -0.459 e. The number of carbonyl (C=O) groups is 1. The largest absolute Gasteiger partial charge is 0.459 e. The van der Waals surface area contributed by atoms with Crippen molar-refractivity contribution in [3.8, 4) is 16.9 Å². The summed E-state index contributed by atoms with van der Waals surface area (Å²) >= 11 is 20.5. The van der Waals surface area contributed by atoms with Crippen molar-refractivity contribution in [3.63, 3.8) is 0 Å². The summed E-state index contributed by atoms with van der Waals surface area (Å²) in [4.78, 5) is 24.1. The molecule has 0 spiro atoms. The van der Waals surface area contributed by atoms with E-state index in [1.165, 1.54) is 13.0 Å². The number of hydrogen-bond acceptors (Lipinski definition) is 7. The minimum atomic E-state index is -4.69. The third kappa shape index (κ3) is 8.85. The van der Waals surface area contributed by atoms with Crippen LogP contribution in [0.3, 0.4) is 0 Å². The van der Waals surface area contributed by atoms with Crippen LogP contribution in [0, 0.1) is 12.7 Å². The van der Waals surface area contributed by atoms with E-state index in [1.54, 1.807) is 13.8 Å². The Morgan fingerprint density at radius 1 is 1.04 bits per heavy atom. The molecule has 2 aromatic carbocycles. The standard InChI is InChI=1S/C15H12BrClF4N2O2.C11H10Cl2F2N4O3S/c1-6(2)25-14(24)7-4-8(10(18)5-9(7)17)12-11(16)13(15(19,20)21)23(3)22-12;1-5-16-19(11(20)18(5)10(14)15)9-4-8(17-23(2,21)22)6(12)3-7(9)13/h4-6H,1-3H3;3-4,10,17H,1-2H3. The van der Waals surface area contributed by atoms with Crippen LogP contribution in [-0.2, 0) is 28.0 Å². The molecular weight excluding hydrogens is 809 g/mol. The van der Waals surface area contributed by atoms with Gasteiger partial charge in [0.05, 0.1) is 48.8 Å². The maximum atomic E-state index is 14.3. The van der Waals surface area contributed by atoms with Gasteiger partial charge in [-0.05, 0) is 61.0 Å². The van der Waals surface area contributed by atoms with E-state index in [9.17, 15) is 44.3 Å². The van der Waals surface area contributed by atoms with Gasteiger partial charge in [0.2, 0.25) is 10.0 Å². The van der Waals surface area contributed by atoms with Crippen LogP contribution in [0.15, 0.2) is 33.5 Å². The number of carbonyl (C=O) groups excluding carboxylic acids is 1. The van der Waals surface area contributed by atoms with E-state index in [0.717, 1.165) is 31.5 Å². The summed E-state index contributed by atoms with van der Waals surface area (Å²) in [5.41, 5.74) is -3.13. The molecular formula is C26H22BrCl3F6N6O5S. The molecule has 0 saturated heterocycles. The van der Waals surface area contributed by atoms with Gasteiger partial charge in [-0.3, -0.25) is 9.40 Å². The lowest BCUT2D eigenvalue weighted by atomic mass is 10.1. The second kappa shape index (κ2) is 14.7. The van der Waals surface area contributed by atoms with E-state index in [-0.39, 0.29) is 53.7 Å². The zero-order valence-corrected chi connectivity index (χ0v) is 29.6. The average molecular weight is 831 g/mol. The van der Waals surface area contributed by atoms with Crippen molar-refractivity contribution in [1.82, 2.24) is 24.1 Å². The zero-order chi connectivity index (χ0) is 36.6. The highest BCUT2D eigenvalue weighted by Crippen LogP contribution is 2.41. The molecule has 0 amide bonds. The number of anilines is 1. The molecule has 4 aromatic rings. The molecule has 0 aliphatic rings. The van der Waals surface area contributed by atoms with E-state index in [4.69, 9.17) is 39.5 Å². The number of alkyl halides is 5. The first kappa shape index (κ1) is 39.2. The number of nitrogens with one attached hydrogen (secondary N) is 1. The van der Waals surface area contributed by atoms with Gasteiger partial charge in [0, 0.05) is 12.6 Å². The van der Waals surface area contributed by atoms with E-state index in [2.05, 4.69) is 30.8 Å². The first-order valence-corrected chi connectivity index (χ1v) is 16.7. The molecule has 0 aliphatic carbocycles. The van der Waals surface area contributed by atoms with E-state index < -0.39 is 56.5 Å². The number of aromatic nitrogens is 5. The third-order valence-electron chi connectivity index (χ3n) is 5.87. The topological polar surface area (TPSA) is 130 Å². The van der Waals surface area contributed by atoms with E-state index >= 15 is 0 Å². The maximum Gasteiger partial charge on any atom is 0.434 e. The SMILES string of the molecule is CC(C)OC(=O)c1cc(-c2nn(C)c(C(F)(F)F)c2Br)c(F)cc1Cl.Cc1nn(-c2cc(NS(C)(=O)=O)c(Cl)cc2Cl)c(=O)n1C(F)F. The Bertz CT molecular complexity index is 2050. The van der Waals surface area contributed by atoms with Gasteiger partial charge in [-0.2, -0.15) is 31.7 Å². The van der Waals surface area contributed by atoms with Crippen LogP contribution in [0.4, 0.5) is 32.0 Å². The lowest BCUT2D eigenvalue weighted by molar-refractivity contribution is -0.144. The highest BCUT2D eigenvalue weighted by atomic mass is 79.9. The van der Waals surface area contributed by atoms with Crippen LogP contribution in [0.25, 0.3) is 16.9 Å². The summed E-state index contributed by atoms with van der Waals surface area (Å²) in [5.74, 6) is -1.96. The third-order valence-corrected chi connectivity index (χ3v) is 8.14. The van der Waals surface area contributed by atoms with Crippen molar-refractivity contribution in [2.24, 2.45) is 7.05 Å². The van der Waals surface area contributed by atoms with Crippen LogP contribution in [-0.4, -0.2) is 50.9 Å². The molecule has 2 heterocycles. The average Bonchev–Trinajstić information content (AvgIpc) is 3.38. The van der Waals surface area contributed by atoms with Crippen molar-refractivity contribution < 1.29 is 44.3 Å². The van der Waals surface area contributed by atoms with Crippen LogP contribution >= 0.6 is 50.7 Å². The monoisotopic (exact) mass is 828 g/mol. The number of esters is 1. The molecule has 2 aromatic heterocycles. The van der Waals surface area contributed by atoms with Gasteiger partial charge in [0.1, 0.15) is 17.3 Å². The number of sulfonamides is 1. The molecule has 11 nitrogen and oxygen atoms in total. The first-order valence-electron chi connectivity index (χ1n) is 12.9. The molecule has 4 rings (SSSR count). The van der Waals surface area contributed by atoms with E-state index in [1.807, 2.05) is 0 Å². The van der Waals surface area contributed by atoms with Crippen molar-refractivity contribution in [1.29, 1.82) is 0 Å². The number of nitrogens with zero attached hydrogens (tertiary/aromatic N) is 5. The van der Waals surface area contributed by atoms with Crippen molar-refractivity contribution in [2.45, 2.75) is 39.6 Å². The fourth-order valence-electron chi connectivity index (χ4n) is 3.98. The molecule has 0 fully saturated rings. The van der Waals surface area contributed by atoms with Gasteiger partial charge in [0.15, 0.2) is 5.69 Å². The minimum absolute atomic E-state index is 0.0257. The van der Waals surface area contributed by atoms with Crippen LogP contribution < -0.4 is 10.4 Å². The van der Waals surface area contributed by atoms with Crippen molar-refractivity contribution >= 4 is 72.4 Å². The van der Waals surface area contributed by atoms with Crippen LogP contribution in [0.5, 0.6) is 0 Å². The fraction of sp³-hybridized carbons (Fsp3) is 0.308. The summed E-state index contributed by atoms with van der Waals surface area (Å²) in [5, 5.41) is 7.13. The molecule has 0 aliphatic heterocycles. The van der Waals surface area contributed by atoms with E-state index in [0.29, 0.717) is 9.36 Å². The van der Waals surface area contributed by atoms with Gasteiger partial charge in [0.25, 0.3) is 0 Å². The molecule has 0 saturated carbocycles. The number of halogens is 10.